The minimum Gasteiger partial charge on any atom is -0.481 e. The van der Waals surface area contributed by atoms with E-state index in [9.17, 15) is 14.4 Å². The lowest BCUT2D eigenvalue weighted by atomic mass is 9.87. The number of hydrogen-bond donors (Lipinski definition) is 1. The molecule has 0 saturated heterocycles. The largest absolute Gasteiger partial charge is 0.481 e. The van der Waals surface area contributed by atoms with Gasteiger partial charge in [0.15, 0.2) is 0 Å². The summed E-state index contributed by atoms with van der Waals surface area (Å²) >= 11 is 0. The van der Waals surface area contributed by atoms with Crippen LogP contribution in [0, 0.1) is 5.92 Å². The summed E-state index contributed by atoms with van der Waals surface area (Å²) in [7, 11) is 0. The van der Waals surface area contributed by atoms with Gasteiger partial charge in [0.05, 0.1) is 11.5 Å². The SMILES string of the molecule is C=CC(=O)OCc1ccc(C(=O)OC2CCC(C(=O)O)CC2)cc1. The lowest BCUT2D eigenvalue weighted by Gasteiger charge is -2.25. The Morgan fingerprint density at radius 2 is 1.75 bits per heavy atom. The van der Waals surface area contributed by atoms with Crippen LogP contribution in [0.5, 0.6) is 0 Å². The molecule has 1 aliphatic rings. The Bertz CT molecular complexity index is 611. The Labute approximate surface area is 140 Å². The van der Waals surface area contributed by atoms with E-state index in [1.165, 1.54) is 0 Å². The third-order valence-corrected chi connectivity index (χ3v) is 4.03. The highest BCUT2D eigenvalue weighted by molar-refractivity contribution is 5.89. The lowest BCUT2D eigenvalue weighted by molar-refractivity contribution is -0.143. The molecule has 128 valence electrons. The van der Waals surface area contributed by atoms with Crippen LogP contribution in [0.3, 0.4) is 0 Å². The molecule has 6 heteroatoms. The maximum Gasteiger partial charge on any atom is 0.338 e. The number of rotatable bonds is 6. The number of esters is 2. The number of carbonyl (C=O) groups excluding carboxylic acids is 2. The van der Waals surface area contributed by atoms with Gasteiger partial charge in [-0.15, -0.1) is 0 Å². The van der Waals surface area contributed by atoms with Crippen LogP contribution in [0.4, 0.5) is 0 Å². The van der Waals surface area contributed by atoms with Crippen LogP contribution in [0.2, 0.25) is 0 Å². The van der Waals surface area contributed by atoms with Gasteiger partial charge >= 0.3 is 17.9 Å². The molecule has 0 spiro atoms. The molecular formula is C18H20O6. The Morgan fingerprint density at radius 1 is 1.12 bits per heavy atom. The molecule has 1 aliphatic carbocycles. The second-order valence-electron chi connectivity index (χ2n) is 5.73. The van der Waals surface area contributed by atoms with E-state index >= 15 is 0 Å². The van der Waals surface area contributed by atoms with Crippen LogP contribution in [-0.2, 0) is 25.7 Å². The molecule has 1 saturated carbocycles. The van der Waals surface area contributed by atoms with Gasteiger partial charge < -0.3 is 14.6 Å². The van der Waals surface area contributed by atoms with Gasteiger partial charge in [0.25, 0.3) is 0 Å². The highest BCUT2D eigenvalue weighted by Crippen LogP contribution is 2.27. The first kappa shape index (κ1) is 17.7. The van der Waals surface area contributed by atoms with Crippen LogP contribution in [0.25, 0.3) is 0 Å². The van der Waals surface area contributed by atoms with E-state index in [0.717, 1.165) is 11.6 Å². The van der Waals surface area contributed by atoms with Crippen molar-refractivity contribution >= 4 is 17.9 Å². The van der Waals surface area contributed by atoms with Crippen molar-refractivity contribution in [3.8, 4) is 0 Å². The molecule has 0 bridgehead atoms. The molecule has 0 aliphatic heterocycles. The standard InChI is InChI=1S/C18H20O6/c1-2-16(19)23-11-12-3-5-14(6-4-12)18(22)24-15-9-7-13(8-10-15)17(20)21/h2-6,13,15H,1,7-11H2,(H,20,21). The monoisotopic (exact) mass is 332 g/mol. The molecule has 1 N–H and O–H groups in total. The first-order valence-corrected chi connectivity index (χ1v) is 7.81. The third-order valence-electron chi connectivity index (χ3n) is 4.03. The van der Waals surface area contributed by atoms with E-state index in [-0.39, 0.29) is 18.6 Å². The molecule has 0 atom stereocenters. The van der Waals surface area contributed by atoms with Crippen molar-refractivity contribution < 1.29 is 29.0 Å². The van der Waals surface area contributed by atoms with Gasteiger partial charge in [-0.3, -0.25) is 4.79 Å². The van der Waals surface area contributed by atoms with Crippen LogP contribution >= 0.6 is 0 Å². The average molecular weight is 332 g/mol. The van der Waals surface area contributed by atoms with Crippen LogP contribution in [0.15, 0.2) is 36.9 Å². The molecule has 0 unspecified atom stereocenters. The molecule has 0 heterocycles. The lowest BCUT2D eigenvalue weighted by Crippen LogP contribution is -2.27. The van der Waals surface area contributed by atoms with Crippen molar-refractivity contribution in [2.24, 2.45) is 5.92 Å². The molecular weight excluding hydrogens is 312 g/mol. The second kappa shape index (κ2) is 8.29. The fourth-order valence-corrected chi connectivity index (χ4v) is 2.60. The van der Waals surface area contributed by atoms with Crippen molar-refractivity contribution in [1.29, 1.82) is 0 Å². The predicted octanol–water partition coefficient (Wildman–Crippen LogP) is 2.72. The molecule has 24 heavy (non-hydrogen) atoms. The summed E-state index contributed by atoms with van der Waals surface area (Å²) < 4.78 is 10.3. The fourth-order valence-electron chi connectivity index (χ4n) is 2.60. The molecule has 6 nitrogen and oxygen atoms in total. The number of hydrogen-bond acceptors (Lipinski definition) is 5. The van der Waals surface area contributed by atoms with E-state index in [2.05, 4.69) is 6.58 Å². The molecule has 0 aromatic heterocycles. The topological polar surface area (TPSA) is 89.9 Å². The Kier molecular flexibility index (Phi) is 6.12. The smallest absolute Gasteiger partial charge is 0.338 e. The predicted molar refractivity (Wildman–Crippen MR) is 85.2 cm³/mol. The molecule has 2 rings (SSSR count). The molecule has 1 aromatic rings. The fraction of sp³-hybridized carbons (Fsp3) is 0.389. The van der Waals surface area contributed by atoms with Crippen LogP contribution in [-0.4, -0.2) is 29.1 Å². The summed E-state index contributed by atoms with van der Waals surface area (Å²) in [6.45, 7) is 3.42. The number of aliphatic carboxylic acids is 1. The summed E-state index contributed by atoms with van der Waals surface area (Å²) in [6.07, 6.45) is 3.05. The van der Waals surface area contributed by atoms with E-state index < -0.39 is 17.9 Å². The van der Waals surface area contributed by atoms with Gasteiger partial charge in [-0.2, -0.15) is 0 Å². The van der Waals surface area contributed by atoms with E-state index in [4.69, 9.17) is 14.6 Å². The van der Waals surface area contributed by atoms with E-state index in [1.54, 1.807) is 24.3 Å². The van der Waals surface area contributed by atoms with Gasteiger partial charge in [-0.05, 0) is 43.4 Å². The normalized spacial score (nSPS) is 20.0. The highest BCUT2D eigenvalue weighted by atomic mass is 16.5. The van der Waals surface area contributed by atoms with Crippen LogP contribution < -0.4 is 0 Å². The van der Waals surface area contributed by atoms with Crippen LogP contribution in [0.1, 0.15) is 41.6 Å². The minimum atomic E-state index is -0.785. The van der Waals surface area contributed by atoms with Gasteiger partial charge in [0.2, 0.25) is 0 Å². The summed E-state index contributed by atoms with van der Waals surface area (Å²) in [6, 6.07) is 6.60. The van der Waals surface area contributed by atoms with Crippen molar-refractivity contribution in [1.82, 2.24) is 0 Å². The number of ether oxygens (including phenoxy) is 2. The maximum atomic E-state index is 12.1. The first-order chi connectivity index (χ1) is 11.5. The second-order valence-corrected chi connectivity index (χ2v) is 5.73. The van der Waals surface area contributed by atoms with Gasteiger partial charge in [0, 0.05) is 6.08 Å². The van der Waals surface area contributed by atoms with Crippen molar-refractivity contribution in [3.63, 3.8) is 0 Å². The quantitative estimate of drug-likeness (QED) is 0.636. The Hall–Kier alpha value is -2.63. The van der Waals surface area contributed by atoms with Crippen molar-refractivity contribution in [2.75, 3.05) is 0 Å². The molecule has 1 fully saturated rings. The Balaban J connectivity index is 1.83. The summed E-state index contributed by atoms with van der Waals surface area (Å²) in [5.41, 5.74) is 1.16. The highest BCUT2D eigenvalue weighted by Gasteiger charge is 2.28. The number of benzene rings is 1. The first-order valence-electron chi connectivity index (χ1n) is 7.81. The van der Waals surface area contributed by atoms with Gasteiger partial charge in [0.1, 0.15) is 12.7 Å². The molecule has 1 aromatic carbocycles. The maximum absolute atomic E-state index is 12.1. The summed E-state index contributed by atoms with van der Waals surface area (Å²) in [4.78, 5) is 34.0. The molecule has 0 radical (unpaired) electrons. The summed E-state index contributed by atoms with van der Waals surface area (Å²) in [5.74, 6) is -2.05. The van der Waals surface area contributed by atoms with Gasteiger partial charge in [-0.1, -0.05) is 18.7 Å². The zero-order valence-electron chi connectivity index (χ0n) is 13.3. The summed E-state index contributed by atoms with van der Waals surface area (Å²) in [5, 5.41) is 8.96. The van der Waals surface area contributed by atoms with Gasteiger partial charge in [-0.25, -0.2) is 9.59 Å². The zero-order valence-corrected chi connectivity index (χ0v) is 13.3. The number of carbonyl (C=O) groups is 3. The Morgan fingerprint density at radius 3 is 2.29 bits per heavy atom. The molecule has 0 amide bonds. The van der Waals surface area contributed by atoms with E-state index in [1.807, 2.05) is 0 Å². The average Bonchev–Trinajstić information content (AvgIpc) is 2.60. The zero-order chi connectivity index (χ0) is 17.5. The van der Waals surface area contributed by atoms with E-state index in [0.29, 0.717) is 31.2 Å². The number of carboxylic acid groups (broad SMARTS) is 1. The van der Waals surface area contributed by atoms with Crippen molar-refractivity contribution in [3.05, 3.63) is 48.0 Å². The third kappa shape index (κ3) is 4.94. The minimum absolute atomic E-state index is 0.110. The van der Waals surface area contributed by atoms with Crippen molar-refractivity contribution in [2.45, 2.75) is 38.4 Å². The number of carboxylic acids is 1.